The largest absolute Gasteiger partial charge is 0.497 e. The standard InChI is InChI=1S/C19H22N6OS/c1-26-16-5-2-12(3-6-16)8-15(20)11-25-19(21)27-18(24-25)13-4-7-17-14(9-13)10-22-23-17/h2-7,9-10,15,19H,8,11,20-21H2,1H3,(H,22,23)/t15-,19?/m1/s1. The highest BCUT2D eigenvalue weighted by atomic mass is 32.2. The van der Waals surface area contributed by atoms with E-state index in [2.05, 4.69) is 16.3 Å². The van der Waals surface area contributed by atoms with Gasteiger partial charge in [0.25, 0.3) is 0 Å². The van der Waals surface area contributed by atoms with E-state index < -0.39 is 0 Å². The van der Waals surface area contributed by atoms with Crippen molar-refractivity contribution in [3.63, 3.8) is 0 Å². The van der Waals surface area contributed by atoms with Gasteiger partial charge >= 0.3 is 0 Å². The third kappa shape index (κ3) is 3.92. The Bertz CT molecular complexity index is 954. The summed E-state index contributed by atoms with van der Waals surface area (Å²) < 4.78 is 5.19. The first-order chi connectivity index (χ1) is 13.1. The van der Waals surface area contributed by atoms with Crippen molar-refractivity contribution in [2.45, 2.75) is 18.0 Å². The number of fused-ring (bicyclic) bond motifs is 1. The molecule has 0 saturated carbocycles. The summed E-state index contributed by atoms with van der Waals surface area (Å²) in [6.07, 6.45) is 2.56. The monoisotopic (exact) mass is 382 g/mol. The SMILES string of the molecule is COc1ccc(C[C@@H](N)CN2N=C(c3ccc4[nH]ncc4c3)SC2N)cc1. The lowest BCUT2D eigenvalue weighted by atomic mass is 10.1. The zero-order valence-electron chi connectivity index (χ0n) is 15.0. The van der Waals surface area contributed by atoms with Crippen molar-refractivity contribution in [1.82, 2.24) is 15.2 Å². The second-order valence-electron chi connectivity index (χ2n) is 6.52. The molecule has 3 aromatic rings. The fourth-order valence-electron chi connectivity index (χ4n) is 3.09. The normalized spacial score (nSPS) is 18.0. The van der Waals surface area contributed by atoms with Crippen molar-refractivity contribution in [3.05, 3.63) is 59.8 Å². The van der Waals surface area contributed by atoms with Gasteiger partial charge in [0.15, 0.2) is 0 Å². The fourth-order valence-corrected chi connectivity index (χ4v) is 3.99. The molecule has 2 heterocycles. The summed E-state index contributed by atoms with van der Waals surface area (Å²) in [5.74, 6) is 0.842. The zero-order chi connectivity index (χ0) is 18.8. The summed E-state index contributed by atoms with van der Waals surface area (Å²) in [6, 6.07) is 14.0. The van der Waals surface area contributed by atoms with E-state index in [1.54, 1.807) is 18.9 Å². The van der Waals surface area contributed by atoms with Crippen molar-refractivity contribution in [2.75, 3.05) is 13.7 Å². The molecule has 0 bridgehead atoms. The molecule has 1 unspecified atom stereocenters. The van der Waals surface area contributed by atoms with E-state index in [1.807, 2.05) is 47.6 Å². The van der Waals surface area contributed by atoms with E-state index >= 15 is 0 Å². The predicted octanol–water partition coefficient (Wildman–Crippen LogP) is 2.09. The van der Waals surface area contributed by atoms with Gasteiger partial charge in [0.05, 0.1) is 25.4 Å². The lowest BCUT2D eigenvalue weighted by molar-refractivity contribution is 0.261. The van der Waals surface area contributed by atoms with Crippen molar-refractivity contribution < 1.29 is 4.74 Å². The van der Waals surface area contributed by atoms with Crippen LogP contribution < -0.4 is 16.2 Å². The number of thioether (sulfide) groups is 1. The van der Waals surface area contributed by atoms with Gasteiger partial charge in [-0.05, 0) is 36.2 Å². The first-order valence-electron chi connectivity index (χ1n) is 8.72. The molecule has 0 saturated heterocycles. The summed E-state index contributed by atoms with van der Waals surface area (Å²) in [5.41, 5.74) is 15.6. The molecule has 8 heteroatoms. The summed E-state index contributed by atoms with van der Waals surface area (Å²) in [5, 5.41) is 15.5. The topological polar surface area (TPSA) is 106 Å². The lowest BCUT2D eigenvalue weighted by Crippen LogP contribution is -2.42. The Hall–Kier alpha value is -2.55. The number of methoxy groups -OCH3 is 1. The number of nitrogens with zero attached hydrogens (tertiary/aromatic N) is 3. The summed E-state index contributed by atoms with van der Waals surface area (Å²) in [6.45, 7) is 0.595. The highest BCUT2D eigenvalue weighted by molar-refractivity contribution is 8.15. The third-order valence-corrected chi connectivity index (χ3v) is 5.54. The number of nitrogens with one attached hydrogen (secondary N) is 1. The molecule has 0 amide bonds. The molecule has 4 rings (SSSR count). The van der Waals surface area contributed by atoms with Crippen LogP contribution in [0.3, 0.4) is 0 Å². The Kier molecular flexibility index (Phi) is 5.02. The maximum absolute atomic E-state index is 6.34. The number of aromatic nitrogens is 2. The van der Waals surface area contributed by atoms with E-state index in [9.17, 15) is 0 Å². The lowest BCUT2D eigenvalue weighted by Gasteiger charge is -2.22. The minimum absolute atomic E-state index is 0.0653. The van der Waals surface area contributed by atoms with Crippen LogP contribution in [0.2, 0.25) is 0 Å². The van der Waals surface area contributed by atoms with Gasteiger partial charge in [-0.25, -0.2) is 0 Å². The second-order valence-corrected chi connectivity index (χ2v) is 7.63. The van der Waals surface area contributed by atoms with Crippen LogP contribution in [0, 0.1) is 0 Å². The molecule has 27 heavy (non-hydrogen) atoms. The van der Waals surface area contributed by atoms with Gasteiger partial charge in [0, 0.05) is 17.0 Å². The van der Waals surface area contributed by atoms with Crippen molar-refractivity contribution in [2.24, 2.45) is 16.6 Å². The van der Waals surface area contributed by atoms with Gasteiger partial charge in [-0.2, -0.15) is 10.2 Å². The van der Waals surface area contributed by atoms with Crippen LogP contribution in [0.1, 0.15) is 11.1 Å². The number of H-pyrrole nitrogens is 1. The molecule has 1 aliphatic heterocycles. The average Bonchev–Trinajstić information content (AvgIpc) is 3.28. The molecule has 5 N–H and O–H groups in total. The number of nitrogens with two attached hydrogens (primary N) is 2. The van der Waals surface area contributed by atoms with Crippen LogP contribution in [0.4, 0.5) is 0 Å². The minimum atomic E-state index is -0.234. The fraction of sp³-hybridized carbons (Fsp3) is 0.263. The van der Waals surface area contributed by atoms with Gasteiger partial charge in [0.1, 0.15) is 16.3 Å². The minimum Gasteiger partial charge on any atom is -0.497 e. The van der Waals surface area contributed by atoms with Gasteiger partial charge in [-0.3, -0.25) is 10.1 Å². The first-order valence-corrected chi connectivity index (χ1v) is 9.60. The quantitative estimate of drug-likeness (QED) is 0.603. The Morgan fingerprint density at radius 1 is 1.26 bits per heavy atom. The molecule has 140 valence electrons. The molecular formula is C19H22N6OS. The summed E-state index contributed by atoms with van der Waals surface area (Å²) in [4.78, 5) is 0. The van der Waals surface area contributed by atoms with E-state index in [-0.39, 0.29) is 11.5 Å². The molecule has 1 aliphatic rings. The number of hydrazone groups is 1. The van der Waals surface area contributed by atoms with Crippen molar-refractivity contribution in [3.8, 4) is 5.75 Å². The number of benzene rings is 2. The van der Waals surface area contributed by atoms with E-state index in [0.717, 1.165) is 33.7 Å². The van der Waals surface area contributed by atoms with Gasteiger partial charge in [-0.1, -0.05) is 30.0 Å². The molecule has 0 radical (unpaired) electrons. The second kappa shape index (κ2) is 7.59. The van der Waals surface area contributed by atoms with E-state index in [1.165, 1.54) is 5.56 Å². The van der Waals surface area contributed by atoms with Crippen LogP contribution in [0.25, 0.3) is 10.9 Å². The van der Waals surface area contributed by atoms with Crippen LogP contribution in [-0.4, -0.2) is 45.4 Å². The Morgan fingerprint density at radius 2 is 2.07 bits per heavy atom. The molecule has 0 spiro atoms. The van der Waals surface area contributed by atoms with Crippen LogP contribution in [-0.2, 0) is 6.42 Å². The predicted molar refractivity (Wildman–Crippen MR) is 110 cm³/mol. The Labute approximate surface area is 161 Å². The highest BCUT2D eigenvalue weighted by Crippen LogP contribution is 2.28. The Morgan fingerprint density at radius 3 is 2.85 bits per heavy atom. The third-order valence-electron chi connectivity index (χ3n) is 4.51. The van der Waals surface area contributed by atoms with E-state index in [0.29, 0.717) is 6.54 Å². The number of rotatable bonds is 6. The van der Waals surface area contributed by atoms with Crippen molar-refractivity contribution >= 4 is 27.7 Å². The molecular weight excluding hydrogens is 360 g/mol. The number of hydrogen-bond acceptors (Lipinski definition) is 7. The van der Waals surface area contributed by atoms with Crippen LogP contribution in [0.15, 0.2) is 53.8 Å². The molecule has 0 fully saturated rings. The van der Waals surface area contributed by atoms with Gasteiger partial charge in [-0.15, -0.1) is 0 Å². The number of ether oxygens (including phenoxy) is 1. The van der Waals surface area contributed by atoms with Crippen LogP contribution >= 0.6 is 11.8 Å². The van der Waals surface area contributed by atoms with Gasteiger partial charge in [0.2, 0.25) is 0 Å². The molecule has 2 aromatic carbocycles. The van der Waals surface area contributed by atoms with E-state index in [4.69, 9.17) is 21.3 Å². The maximum Gasteiger partial charge on any atom is 0.147 e. The molecule has 0 aliphatic carbocycles. The summed E-state index contributed by atoms with van der Waals surface area (Å²) >= 11 is 1.54. The highest BCUT2D eigenvalue weighted by Gasteiger charge is 2.26. The maximum atomic E-state index is 6.34. The number of aromatic amines is 1. The Balaban J connectivity index is 1.43. The zero-order valence-corrected chi connectivity index (χ0v) is 15.8. The average molecular weight is 382 g/mol. The summed E-state index contributed by atoms with van der Waals surface area (Å²) in [7, 11) is 1.66. The van der Waals surface area contributed by atoms with Crippen molar-refractivity contribution in [1.29, 1.82) is 0 Å². The number of hydrogen-bond donors (Lipinski definition) is 3. The molecule has 7 nitrogen and oxygen atoms in total. The van der Waals surface area contributed by atoms with Gasteiger partial charge < -0.3 is 16.2 Å². The molecule has 1 aromatic heterocycles. The smallest absolute Gasteiger partial charge is 0.147 e. The van der Waals surface area contributed by atoms with Crippen LogP contribution in [0.5, 0.6) is 5.75 Å². The first kappa shape index (κ1) is 17.8. The molecule has 2 atom stereocenters.